The van der Waals surface area contributed by atoms with Gasteiger partial charge in [0, 0.05) is 60.5 Å². The van der Waals surface area contributed by atoms with Gasteiger partial charge in [-0.1, -0.05) is 18.2 Å². The minimum atomic E-state index is -0.969. The van der Waals surface area contributed by atoms with Crippen LogP contribution in [0.25, 0.3) is 11.3 Å². The summed E-state index contributed by atoms with van der Waals surface area (Å²) in [6.07, 6.45) is 5.55. The first-order valence-corrected chi connectivity index (χ1v) is 9.13. The molecular weight excluding hydrogens is 320 g/mol. The van der Waals surface area contributed by atoms with Crippen LogP contribution in [-0.2, 0) is 24.4 Å². The molecule has 2 heterocycles. The van der Waals surface area contributed by atoms with Crippen molar-refractivity contribution in [2.75, 3.05) is 12.3 Å². The number of rotatable bonds is 7. The Morgan fingerprint density at radius 2 is 1.88 bits per heavy atom. The van der Waals surface area contributed by atoms with E-state index >= 15 is 0 Å². The zero-order chi connectivity index (χ0) is 16.8. The first-order chi connectivity index (χ1) is 11.7. The van der Waals surface area contributed by atoms with Crippen molar-refractivity contribution in [3.8, 4) is 11.3 Å². The molecule has 1 atom stereocenters. The highest BCUT2D eigenvalue weighted by atomic mass is 32.2. The maximum atomic E-state index is 12.2. The molecule has 0 fully saturated rings. The van der Waals surface area contributed by atoms with E-state index in [-0.39, 0.29) is 0 Å². The van der Waals surface area contributed by atoms with Crippen LogP contribution in [0.5, 0.6) is 0 Å². The summed E-state index contributed by atoms with van der Waals surface area (Å²) in [4.78, 5) is 4.92. The third-order valence-electron chi connectivity index (χ3n) is 3.64. The van der Waals surface area contributed by atoms with Crippen molar-refractivity contribution >= 4 is 10.8 Å². The van der Waals surface area contributed by atoms with Crippen LogP contribution in [-0.4, -0.2) is 31.3 Å². The van der Waals surface area contributed by atoms with Gasteiger partial charge in [-0.2, -0.15) is 5.10 Å². The summed E-state index contributed by atoms with van der Waals surface area (Å²) in [5.74, 6) is 0.592. The fraction of sp³-hybridized carbons (Fsp3) is 0.222. The summed E-state index contributed by atoms with van der Waals surface area (Å²) in [5.41, 5.74) is 3.13. The van der Waals surface area contributed by atoms with Crippen LogP contribution in [0.1, 0.15) is 5.56 Å². The van der Waals surface area contributed by atoms with E-state index < -0.39 is 10.8 Å². The second-order valence-corrected chi connectivity index (χ2v) is 7.02. The van der Waals surface area contributed by atoms with Crippen molar-refractivity contribution in [1.29, 1.82) is 0 Å². The Balaban J connectivity index is 1.57. The van der Waals surface area contributed by atoms with Gasteiger partial charge in [0.15, 0.2) is 0 Å². The molecule has 1 aromatic carbocycles. The SMILES string of the molecule is Cn1cc(CNCCS(=O)c2ccccc2)c(-c2ccncc2)n1. The molecule has 2 aromatic heterocycles. The van der Waals surface area contributed by atoms with Crippen LogP contribution in [0.15, 0.2) is 66.0 Å². The highest BCUT2D eigenvalue weighted by Crippen LogP contribution is 2.20. The average Bonchev–Trinajstić information content (AvgIpc) is 3.01. The van der Waals surface area contributed by atoms with Gasteiger partial charge in [0.25, 0.3) is 0 Å². The number of benzene rings is 1. The van der Waals surface area contributed by atoms with Crippen LogP contribution >= 0.6 is 0 Å². The normalized spacial score (nSPS) is 12.2. The van der Waals surface area contributed by atoms with Gasteiger partial charge >= 0.3 is 0 Å². The van der Waals surface area contributed by atoms with Gasteiger partial charge in [-0.25, -0.2) is 0 Å². The lowest BCUT2D eigenvalue weighted by Gasteiger charge is -2.06. The van der Waals surface area contributed by atoms with E-state index in [0.29, 0.717) is 18.8 Å². The highest BCUT2D eigenvalue weighted by Gasteiger charge is 2.10. The second kappa shape index (κ2) is 7.99. The minimum absolute atomic E-state index is 0.592. The number of hydrogen-bond donors (Lipinski definition) is 1. The third-order valence-corrected chi connectivity index (χ3v) is 5.02. The third kappa shape index (κ3) is 4.15. The Labute approximate surface area is 144 Å². The monoisotopic (exact) mass is 340 g/mol. The molecule has 3 rings (SSSR count). The lowest BCUT2D eigenvalue weighted by molar-refractivity contribution is 0.673. The van der Waals surface area contributed by atoms with E-state index in [1.54, 1.807) is 12.4 Å². The number of nitrogens with zero attached hydrogens (tertiary/aromatic N) is 3. The molecule has 0 aliphatic heterocycles. The number of aromatic nitrogens is 3. The van der Waals surface area contributed by atoms with E-state index in [9.17, 15) is 4.21 Å². The molecule has 0 aliphatic carbocycles. The van der Waals surface area contributed by atoms with Crippen LogP contribution < -0.4 is 5.32 Å². The van der Waals surface area contributed by atoms with E-state index in [1.807, 2.05) is 60.4 Å². The zero-order valence-corrected chi connectivity index (χ0v) is 14.4. The molecule has 0 radical (unpaired) electrons. The number of nitrogens with one attached hydrogen (secondary N) is 1. The predicted octanol–water partition coefficient (Wildman–Crippen LogP) is 2.38. The molecule has 3 aromatic rings. The van der Waals surface area contributed by atoms with Crippen molar-refractivity contribution in [3.05, 3.63) is 66.6 Å². The summed E-state index contributed by atoms with van der Waals surface area (Å²) in [6.45, 7) is 1.38. The highest BCUT2D eigenvalue weighted by molar-refractivity contribution is 7.85. The molecule has 0 amide bonds. The second-order valence-electron chi connectivity index (χ2n) is 5.45. The number of aryl methyl sites for hydroxylation is 1. The largest absolute Gasteiger partial charge is 0.312 e. The Kier molecular flexibility index (Phi) is 5.51. The molecule has 124 valence electrons. The zero-order valence-electron chi connectivity index (χ0n) is 13.6. The van der Waals surface area contributed by atoms with Crippen LogP contribution in [0.4, 0.5) is 0 Å². The topological polar surface area (TPSA) is 59.8 Å². The van der Waals surface area contributed by atoms with Gasteiger partial charge in [0.1, 0.15) is 0 Å². The average molecular weight is 340 g/mol. The molecule has 6 heteroatoms. The van der Waals surface area contributed by atoms with Gasteiger partial charge in [0.05, 0.1) is 16.5 Å². The summed E-state index contributed by atoms with van der Waals surface area (Å²) in [7, 11) is 0.946. The molecule has 0 spiro atoms. The van der Waals surface area contributed by atoms with Crippen molar-refractivity contribution < 1.29 is 4.21 Å². The first-order valence-electron chi connectivity index (χ1n) is 7.81. The molecular formula is C18H20N4OS. The van der Waals surface area contributed by atoms with Crippen molar-refractivity contribution in [2.45, 2.75) is 11.4 Å². The maximum Gasteiger partial charge on any atom is 0.0969 e. The Bertz CT molecular complexity index is 802. The van der Waals surface area contributed by atoms with Crippen LogP contribution in [0, 0.1) is 0 Å². The Morgan fingerprint density at radius 3 is 2.62 bits per heavy atom. The summed E-state index contributed by atoms with van der Waals surface area (Å²) < 4.78 is 14.0. The van der Waals surface area contributed by atoms with E-state index in [2.05, 4.69) is 15.4 Å². The number of hydrogen-bond acceptors (Lipinski definition) is 4. The fourth-order valence-electron chi connectivity index (χ4n) is 2.50. The molecule has 1 N–H and O–H groups in total. The minimum Gasteiger partial charge on any atom is -0.312 e. The summed E-state index contributed by atoms with van der Waals surface area (Å²) >= 11 is 0. The molecule has 0 aliphatic rings. The maximum absolute atomic E-state index is 12.2. The molecule has 0 saturated carbocycles. The van der Waals surface area contributed by atoms with Crippen LogP contribution in [0.2, 0.25) is 0 Å². The van der Waals surface area contributed by atoms with E-state index in [0.717, 1.165) is 21.7 Å². The lowest BCUT2D eigenvalue weighted by Crippen LogP contribution is -2.20. The number of pyridine rings is 1. The van der Waals surface area contributed by atoms with Gasteiger partial charge in [-0.15, -0.1) is 0 Å². The summed E-state index contributed by atoms with van der Waals surface area (Å²) in [5, 5.41) is 7.90. The van der Waals surface area contributed by atoms with Crippen molar-refractivity contribution in [3.63, 3.8) is 0 Å². The smallest absolute Gasteiger partial charge is 0.0969 e. The molecule has 24 heavy (non-hydrogen) atoms. The molecule has 5 nitrogen and oxygen atoms in total. The summed E-state index contributed by atoms with van der Waals surface area (Å²) in [6, 6.07) is 13.5. The van der Waals surface area contributed by atoms with Gasteiger partial charge in [-0.05, 0) is 24.3 Å². The Hall–Kier alpha value is -2.31. The lowest BCUT2D eigenvalue weighted by atomic mass is 10.1. The quantitative estimate of drug-likeness (QED) is 0.671. The van der Waals surface area contributed by atoms with Crippen LogP contribution in [0.3, 0.4) is 0 Å². The van der Waals surface area contributed by atoms with Gasteiger partial charge < -0.3 is 5.32 Å². The van der Waals surface area contributed by atoms with Crippen molar-refractivity contribution in [1.82, 2.24) is 20.1 Å². The van der Waals surface area contributed by atoms with Gasteiger partial charge in [-0.3, -0.25) is 13.9 Å². The first kappa shape index (κ1) is 16.5. The van der Waals surface area contributed by atoms with E-state index in [1.165, 1.54) is 0 Å². The van der Waals surface area contributed by atoms with E-state index in [4.69, 9.17) is 0 Å². The fourth-order valence-corrected chi connectivity index (χ4v) is 3.52. The molecule has 0 bridgehead atoms. The van der Waals surface area contributed by atoms with Crippen molar-refractivity contribution in [2.24, 2.45) is 7.05 Å². The molecule has 0 saturated heterocycles. The standard InChI is InChI=1S/C18H20N4OS/c1-22-14-16(18(21-22)15-7-9-19-10-8-15)13-20-11-12-24(23)17-5-3-2-4-6-17/h2-10,14,20H,11-13H2,1H3. The van der Waals surface area contributed by atoms with Gasteiger partial charge in [0.2, 0.25) is 0 Å². The Morgan fingerprint density at radius 1 is 1.12 bits per heavy atom. The predicted molar refractivity (Wildman–Crippen MR) is 95.9 cm³/mol. The molecule has 1 unspecified atom stereocenters.